The topological polar surface area (TPSA) is 35.1 Å². The molecule has 2 aromatic carbocycles. The summed E-state index contributed by atoms with van der Waals surface area (Å²) in [4.78, 5) is 12.5. The van der Waals surface area contributed by atoms with Gasteiger partial charge in [-0.2, -0.15) is 0 Å². The van der Waals surface area contributed by atoms with Crippen molar-refractivity contribution in [1.29, 1.82) is 0 Å². The van der Waals surface area contributed by atoms with Crippen molar-refractivity contribution in [3.05, 3.63) is 82.9 Å². The first kappa shape index (κ1) is 14.5. The Hall–Kier alpha value is -3.14. The van der Waals surface area contributed by atoms with Crippen molar-refractivity contribution >= 4 is 11.1 Å². The molecule has 4 heteroatoms. The van der Waals surface area contributed by atoms with Gasteiger partial charge < -0.3 is 8.98 Å². The highest BCUT2D eigenvalue weighted by atomic mass is 19.1. The molecule has 118 valence electrons. The molecule has 0 saturated carbocycles. The maximum Gasteiger partial charge on any atom is 0.211 e. The lowest BCUT2D eigenvalue weighted by Crippen LogP contribution is -2.03. The molecule has 0 atom stereocenters. The molecule has 0 aliphatic heterocycles. The Morgan fingerprint density at radius 2 is 1.62 bits per heavy atom. The van der Waals surface area contributed by atoms with Gasteiger partial charge >= 0.3 is 0 Å². The number of aromatic nitrogens is 1. The van der Waals surface area contributed by atoms with Crippen LogP contribution in [-0.4, -0.2) is 4.57 Å². The van der Waals surface area contributed by atoms with Crippen LogP contribution in [0.4, 0.5) is 4.39 Å². The highest BCUT2D eigenvalue weighted by molar-refractivity contribution is 6.00. The molecule has 2 heterocycles. The predicted octanol–water partition coefficient (Wildman–Crippen LogP) is 4.60. The molecule has 0 spiro atoms. The minimum atomic E-state index is -0.319. The van der Waals surface area contributed by atoms with Crippen molar-refractivity contribution in [2.24, 2.45) is 7.05 Å². The smallest absolute Gasteiger partial charge is 0.211 e. The van der Waals surface area contributed by atoms with Crippen LogP contribution in [0.15, 0.2) is 76.1 Å². The van der Waals surface area contributed by atoms with Gasteiger partial charge in [0.15, 0.2) is 5.43 Å². The Morgan fingerprint density at radius 3 is 2.33 bits per heavy atom. The lowest BCUT2D eigenvalue weighted by molar-refractivity contribution is 0.596. The molecule has 0 bridgehead atoms. The third kappa shape index (κ3) is 2.24. The number of aryl methyl sites for hydroxylation is 1. The Labute approximate surface area is 137 Å². The first-order valence-electron chi connectivity index (χ1n) is 7.58. The van der Waals surface area contributed by atoms with Gasteiger partial charge in [-0.05, 0) is 17.7 Å². The summed E-state index contributed by atoms with van der Waals surface area (Å²) >= 11 is 0. The molecule has 0 aliphatic carbocycles. The van der Waals surface area contributed by atoms with Crippen LogP contribution in [-0.2, 0) is 7.05 Å². The molecule has 0 N–H and O–H groups in total. The number of pyridine rings is 1. The van der Waals surface area contributed by atoms with Crippen molar-refractivity contribution in [2.45, 2.75) is 0 Å². The number of hydrogen-bond donors (Lipinski definition) is 0. The highest BCUT2D eigenvalue weighted by Crippen LogP contribution is 2.39. The lowest BCUT2D eigenvalue weighted by Gasteiger charge is -2.03. The van der Waals surface area contributed by atoms with Crippen LogP contribution in [0.2, 0.25) is 0 Å². The number of benzene rings is 2. The molecule has 2 aromatic heterocycles. The first-order valence-corrected chi connectivity index (χ1v) is 7.58. The SMILES string of the molecule is Cn1ccc(=O)c2c(-c3ccc(F)cc3)c(-c3ccccc3)oc21. The van der Waals surface area contributed by atoms with Gasteiger partial charge in [-0.25, -0.2) is 4.39 Å². The molecule has 4 aromatic rings. The van der Waals surface area contributed by atoms with Crippen LogP contribution < -0.4 is 5.43 Å². The number of rotatable bonds is 2. The number of furan rings is 1. The van der Waals surface area contributed by atoms with E-state index >= 15 is 0 Å². The van der Waals surface area contributed by atoms with E-state index in [9.17, 15) is 9.18 Å². The normalized spacial score (nSPS) is 11.1. The van der Waals surface area contributed by atoms with Crippen LogP contribution in [0.5, 0.6) is 0 Å². The van der Waals surface area contributed by atoms with Gasteiger partial charge in [0.25, 0.3) is 0 Å². The Kier molecular flexibility index (Phi) is 3.31. The van der Waals surface area contributed by atoms with E-state index in [0.717, 1.165) is 11.1 Å². The Bertz CT molecular complexity index is 1080. The molecule has 0 fully saturated rings. The number of nitrogens with zero attached hydrogens (tertiary/aromatic N) is 1. The minimum absolute atomic E-state index is 0.117. The van der Waals surface area contributed by atoms with Crippen molar-refractivity contribution in [1.82, 2.24) is 4.57 Å². The van der Waals surface area contributed by atoms with Crippen LogP contribution in [0.3, 0.4) is 0 Å². The summed E-state index contributed by atoms with van der Waals surface area (Å²) in [6.07, 6.45) is 1.68. The quantitative estimate of drug-likeness (QED) is 0.541. The summed E-state index contributed by atoms with van der Waals surface area (Å²) in [6.45, 7) is 0. The molecule has 0 aliphatic rings. The molecule has 0 radical (unpaired) electrons. The van der Waals surface area contributed by atoms with E-state index < -0.39 is 0 Å². The third-order valence-electron chi connectivity index (χ3n) is 4.07. The average Bonchev–Trinajstić information content (AvgIpc) is 3.01. The molecule has 4 rings (SSSR count). The molecule has 3 nitrogen and oxygen atoms in total. The monoisotopic (exact) mass is 319 g/mol. The second kappa shape index (κ2) is 5.49. The van der Waals surface area contributed by atoms with E-state index in [-0.39, 0.29) is 11.2 Å². The average molecular weight is 319 g/mol. The van der Waals surface area contributed by atoms with Gasteiger partial charge in [0, 0.05) is 30.4 Å². The summed E-state index contributed by atoms with van der Waals surface area (Å²) in [7, 11) is 1.83. The zero-order valence-electron chi connectivity index (χ0n) is 13.0. The number of fused-ring (bicyclic) bond motifs is 1. The highest BCUT2D eigenvalue weighted by Gasteiger charge is 2.21. The summed E-state index contributed by atoms with van der Waals surface area (Å²) < 4.78 is 21.1. The van der Waals surface area contributed by atoms with E-state index in [2.05, 4.69) is 0 Å². The van der Waals surface area contributed by atoms with E-state index in [1.54, 1.807) is 22.9 Å². The molecule has 0 amide bonds. The minimum Gasteiger partial charge on any atom is -0.439 e. The zero-order chi connectivity index (χ0) is 16.7. The van der Waals surface area contributed by atoms with Crippen molar-refractivity contribution in [3.8, 4) is 22.5 Å². The van der Waals surface area contributed by atoms with E-state index in [1.165, 1.54) is 18.2 Å². The van der Waals surface area contributed by atoms with Gasteiger partial charge in [0.1, 0.15) is 11.6 Å². The fourth-order valence-corrected chi connectivity index (χ4v) is 2.91. The van der Waals surface area contributed by atoms with Gasteiger partial charge in [0.2, 0.25) is 5.71 Å². The standard InChI is InChI=1S/C20H14FNO2/c1-22-12-11-16(23)18-17(13-7-9-15(21)10-8-13)19(24-20(18)22)14-5-3-2-4-6-14/h2-12H,1H3. The zero-order valence-corrected chi connectivity index (χ0v) is 13.0. The van der Waals surface area contributed by atoms with E-state index in [4.69, 9.17) is 4.42 Å². The van der Waals surface area contributed by atoms with Crippen LogP contribution in [0.25, 0.3) is 33.6 Å². The largest absolute Gasteiger partial charge is 0.439 e. The van der Waals surface area contributed by atoms with E-state index in [1.807, 2.05) is 37.4 Å². The molecule has 0 unspecified atom stereocenters. The maximum absolute atomic E-state index is 13.3. The second-order valence-electron chi connectivity index (χ2n) is 5.65. The van der Waals surface area contributed by atoms with Gasteiger partial charge in [-0.3, -0.25) is 4.79 Å². The summed E-state index contributed by atoms with van der Waals surface area (Å²) in [5.74, 6) is 0.289. The van der Waals surface area contributed by atoms with Crippen molar-refractivity contribution < 1.29 is 8.81 Å². The Balaban J connectivity index is 2.14. The third-order valence-corrected chi connectivity index (χ3v) is 4.07. The number of hydrogen-bond acceptors (Lipinski definition) is 2. The summed E-state index contributed by atoms with van der Waals surface area (Å²) in [5.41, 5.74) is 2.69. The van der Waals surface area contributed by atoms with Crippen LogP contribution in [0.1, 0.15) is 0 Å². The molecule has 0 saturated heterocycles. The van der Waals surface area contributed by atoms with E-state index in [0.29, 0.717) is 22.4 Å². The van der Waals surface area contributed by atoms with Gasteiger partial charge in [-0.1, -0.05) is 42.5 Å². The van der Waals surface area contributed by atoms with Gasteiger partial charge in [0.05, 0.1) is 5.39 Å². The number of halogens is 1. The molecular weight excluding hydrogens is 305 g/mol. The lowest BCUT2D eigenvalue weighted by atomic mass is 9.99. The summed E-state index contributed by atoms with van der Waals surface area (Å²) in [5, 5.41) is 0.505. The fraction of sp³-hybridized carbons (Fsp3) is 0.0500. The fourth-order valence-electron chi connectivity index (χ4n) is 2.91. The summed E-state index contributed by atoms with van der Waals surface area (Å²) in [6, 6.07) is 17.2. The molecule has 24 heavy (non-hydrogen) atoms. The van der Waals surface area contributed by atoms with Crippen LogP contribution >= 0.6 is 0 Å². The maximum atomic E-state index is 13.3. The Morgan fingerprint density at radius 1 is 0.917 bits per heavy atom. The molecular formula is C20H14FNO2. The van der Waals surface area contributed by atoms with Gasteiger partial charge in [-0.15, -0.1) is 0 Å². The first-order chi connectivity index (χ1) is 11.6. The van der Waals surface area contributed by atoms with Crippen LogP contribution in [0, 0.1) is 5.82 Å². The predicted molar refractivity (Wildman–Crippen MR) is 92.3 cm³/mol. The van der Waals surface area contributed by atoms with Crippen molar-refractivity contribution in [3.63, 3.8) is 0 Å². The second-order valence-corrected chi connectivity index (χ2v) is 5.65. The van der Waals surface area contributed by atoms with Crippen molar-refractivity contribution in [2.75, 3.05) is 0 Å².